The number of hydrogen-bond donors (Lipinski definition) is 1. The van der Waals surface area contributed by atoms with Crippen LogP contribution in [-0.4, -0.2) is 4.98 Å². The Labute approximate surface area is 99.2 Å². The van der Waals surface area contributed by atoms with Crippen LogP contribution in [0.5, 0.6) is 0 Å². The van der Waals surface area contributed by atoms with Gasteiger partial charge in [-0.1, -0.05) is 23.7 Å². The first-order valence-corrected chi connectivity index (χ1v) is 5.46. The molecule has 1 aromatic heterocycles. The number of rotatable bonds is 3. The van der Waals surface area contributed by atoms with Gasteiger partial charge in [0.25, 0.3) is 0 Å². The zero-order chi connectivity index (χ0) is 11.5. The van der Waals surface area contributed by atoms with Gasteiger partial charge in [0.2, 0.25) is 5.89 Å². The Morgan fingerprint density at radius 1 is 1.31 bits per heavy atom. The summed E-state index contributed by atoms with van der Waals surface area (Å²) in [6, 6.07) is 7.69. The van der Waals surface area contributed by atoms with E-state index in [1.165, 1.54) is 0 Å². The predicted molar refractivity (Wildman–Crippen MR) is 63.4 cm³/mol. The Hall–Kier alpha value is -1.32. The van der Waals surface area contributed by atoms with Crippen molar-refractivity contribution in [1.82, 2.24) is 4.98 Å². The van der Waals surface area contributed by atoms with Crippen LogP contribution in [0.3, 0.4) is 0 Å². The van der Waals surface area contributed by atoms with E-state index in [9.17, 15) is 0 Å². The van der Waals surface area contributed by atoms with Crippen LogP contribution >= 0.6 is 11.6 Å². The van der Waals surface area contributed by atoms with Crippen LogP contribution < -0.4 is 5.73 Å². The third-order valence-corrected chi connectivity index (χ3v) is 2.64. The van der Waals surface area contributed by atoms with Crippen LogP contribution in [0.4, 0.5) is 0 Å². The van der Waals surface area contributed by atoms with E-state index in [4.69, 9.17) is 21.8 Å². The Morgan fingerprint density at radius 2 is 2.00 bits per heavy atom. The number of nitrogens with two attached hydrogens (primary N) is 1. The Balaban J connectivity index is 2.19. The summed E-state index contributed by atoms with van der Waals surface area (Å²) < 4.78 is 5.53. The molecule has 2 N–H and O–H groups in total. The Kier molecular flexibility index (Phi) is 3.27. The number of hydrogen-bond acceptors (Lipinski definition) is 3. The van der Waals surface area contributed by atoms with Crippen molar-refractivity contribution >= 4 is 11.6 Å². The fourth-order valence-corrected chi connectivity index (χ4v) is 1.65. The zero-order valence-corrected chi connectivity index (χ0v) is 9.79. The molecule has 0 unspecified atom stereocenters. The van der Waals surface area contributed by atoms with Crippen molar-refractivity contribution in [2.24, 2.45) is 5.73 Å². The van der Waals surface area contributed by atoms with Crippen molar-refractivity contribution in [2.75, 3.05) is 0 Å². The number of nitrogens with zero attached hydrogens (tertiary/aromatic N) is 1. The smallest absolute Gasteiger partial charge is 0.208 e. The summed E-state index contributed by atoms with van der Waals surface area (Å²) >= 11 is 5.82. The molecule has 0 aliphatic carbocycles. The van der Waals surface area contributed by atoms with Gasteiger partial charge in [-0.05, 0) is 24.6 Å². The quantitative estimate of drug-likeness (QED) is 0.892. The van der Waals surface area contributed by atoms with Crippen molar-refractivity contribution in [3.63, 3.8) is 0 Å². The van der Waals surface area contributed by atoms with Gasteiger partial charge in [0, 0.05) is 11.4 Å². The van der Waals surface area contributed by atoms with E-state index in [0.29, 0.717) is 12.4 Å². The van der Waals surface area contributed by atoms with Crippen molar-refractivity contribution in [2.45, 2.75) is 19.9 Å². The minimum atomic E-state index is 0.335. The van der Waals surface area contributed by atoms with Gasteiger partial charge in [0.15, 0.2) is 0 Å². The summed E-state index contributed by atoms with van der Waals surface area (Å²) in [6.07, 6.45) is 0.718. The highest BCUT2D eigenvalue weighted by atomic mass is 35.5. The number of oxazole rings is 1. The number of aryl methyl sites for hydroxylation is 1. The van der Waals surface area contributed by atoms with Gasteiger partial charge >= 0.3 is 0 Å². The lowest BCUT2D eigenvalue weighted by molar-refractivity contribution is 0.463. The molecule has 0 fully saturated rings. The first-order valence-electron chi connectivity index (χ1n) is 5.08. The lowest BCUT2D eigenvalue weighted by atomic mass is 10.1. The standard InChI is InChI=1S/C12H13ClN2O/c1-8-11(16-12(7-14)15-8)6-9-2-4-10(13)5-3-9/h2-5H,6-7,14H2,1H3. The molecule has 3 nitrogen and oxygen atoms in total. The maximum atomic E-state index is 5.82. The zero-order valence-electron chi connectivity index (χ0n) is 9.03. The highest BCUT2D eigenvalue weighted by Gasteiger charge is 2.08. The maximum Gasteiger partial charge on any atom is 0.208 e. The summed E-state index contributed by atoms with van der Waals surface area (Å²) in [5.74, 6) is 1.45. The molecule has 0 bridgehead atoms. The van der Waals surface area contributed by atoms with Crippen molar-refractivity contribution in [3.05, 3.63) is 52.2 Å². The number of halogens is 1. The molecule has 1 heterocycles. The minimum Gasteiger partial charge on any atom is -0.444 e. The Bertz CT molecular complexity index is 476. The third-order valence-electron chi connectivity index (χ3n) is 2.39. The molecule has 0 spiro atoms. The largest absolute Gasteiger partial charge is 0.444 e. The van der Waals surface area contributed by atoms with E-state index in [-0.39, 0.29) is 0 Å². The number of aromatic nitrogens is 1. The summed E-state index contributed by atoms with van der Waals surface area (Å²) in [5, 5.41) is 0.737. The van der Waals surface area contributed by atoms with E-state index in [1.807, 2.05) is 31.2 Å². The molecule has 16 heavy (non-hydrogen) atoms. The second-order valence-corrected chi connectivity index (χ2v) is 4.06. The van der Waals surface area contributed by atoms with E-state index in [1.54, 1.807) is 0 Å². The Morgan fingerprint density at radius 3 is 2.56 bits per heavy atom. The molecule has 0 amide bonds. The average molecular weight is 237 g/mol. The van der Waals surface area contributed by atoms with Crippen LogP contribution in [0.1, 0.15) is 22.9 Å². The summed E-state index contributed by atoms with van der Waals surface area (Å²) in [6.45, 7) is 2.26. The lowest BCUT2D eigenvalue weighted by Crippen LogP contribution is -1.95. The van der Waals surface area contributed by atoms with Gasteiger partial charge in [-0.2, -0.15) is 0 Å². The molecular formula is C12H13ClN2O. The molecule has 4 heteroatoms. The van der Waals surface area contributed by atoms with Crippen LogP contribution in [0.15, 0.2) is 28.7 Å². The molecule has 0 aliphatic heterocycles. The van der Waals surface area contributed by atoms with Crippen molar-refractivity contribution in [1.29, 1.82) is 0 Å². The van der Waals surface area contributed by atoms with Gasteiger partial charge < -0.3 is 10.2 Å². The molecule has 0 saturated heterocycles. The predicted octanol–water partition coefficient (Wildman–Crippen LogP) is 2.69. The summed E-state index contributed by atoms with van der Waals surface area (Å²) in [4.78, 5) is 4.23. The normalized spacial score (nSPS) is 10.7. The van der Waals surface area contributed by atoms with Gasteiger partial charge in [0.1, 0.15) is 5.76 Å². The second kappa shape index (κ2) is 4.68. The van der Waals surface area contributed by atoms with Crippen molar-refractivity contribution < 1.29 is 4.42 Å². The van der Waals surface area contributed by atoms with E-state index >= 15 is 0 Å². The number of benzene rings is 1. The van der Waals surface area contributed by atoms with Crippen LogP contribution in [-0.2, 0) is 13.0 Å². The maximum absolute atomic E-state index is 5.82. The third kappa shape index (κ3) is 2.43. The molecule has 1 aromatic carbocycles. The monoisotopic (exact) mass is 236 g/mol. The molecule has 2 aromatic rings. The summed E-state index contributed by atoms with van der Waals surface area (Å²) in [7, 11) is 0. The van der Waals surface area contributed by atoms with Crippen molar-refractivity contribution in [3.8, 4) is 0 Å². The molecular weight excluding hydrogens is 224 g/mol. The van der Waals surface area contributed by atoms with E-state index < -0.39 is 0 Å². The molecule has 0 aliphatic rings. The van der Waals surface area contributed by atoms with Gasteiger partial charge in [0.05, 0.1) is 12.2 Å². The summed E-state index contributed by atoms with van der Waals surface area (Å²) in [5.41, 5.74) is 7.52. The average Bonchev–Trinajstić information content (AvgIpc) is 2.63. The first kappa shape index (κ1) is 11.2. The van der Waals surface area contributed by atoms with Crippen LogP contribution in [0.2, 0.25) is 5.02 Å². The molecule has 0 saturated carbocycles. The fourth-order valence-electron chi connectivity index (χ4n) is 1.53. The van der Waals surface area contributed by atoms with Gasteiger partial charge in [-0.3, -0.25) is 0 Å². The van der Waals surface area contributed by atoms with E-state index in [0.717, 1.165) is 28.5 Å². The molecule has 2 rings (SSSR count). The van der Waals surface area contributed by atoms with Crippen LogP contribution in [0.25, 0.3) is 0 Å². The topological polar surface area (TPSA) is 52.0 Å². The van der Waals surface area contributed by atoms with Gasteiger partial charge in [-0.15, -0.1) is 0 Å². The lowest BCUT2D eigenvalue weighted by Gasteiger charge is -1.99. The fraction of sp³-hybridized carbons (Fsp3) is 0.250. The van der Waals surface area contributed by atoms with E-state index in [2.05, 4.69) is 4.98 Å². The second-order valence-electron chi connectivity index (χ2n) is 3.62. The van der Waals surface area contributed by atoms with Crippen LogP contribution in [0, 0.1) is 6.92 Å². The molecule has 0 radical (unpaired) electrons. The molecule has 84 valence electrons. The SMILES string of the molecule is Cc1nc(CN)oc1Cc1ccc(Cl)cc1. The van der Waals surface area contributed by atoms with Gasteiger partial charge in [-0.25, -0.2) is 4.98 Å². The first-order chi connectivity index (χ1) is 7.69. The minimum absolute atomic E-state index is 0.335. The highest BCUT2D eigenvalue weighted by Crippen LogP contribution is 2.17. The highest BCUT2D eigenvalue weighted by molar-refractivity contribution is 6.30. The molecule has 0 atom stereocenters.